The lowest BCUT2D eigenvalue weighted by Gasteiger charge is -2.16. The van der Waals surface area contributed by atoms with Crippen molar-refractivity contribution in [3.63, 3.8) is 0 Å². The fraction of sp³-hybridized carbons (Fsp3) is 0.200. The van der Waals surface area contributed by atoms with Crippen LogP contribution in [0.15, 0.2) is 59.1 Å². The van der Waals surface area contributed by atoms with Gasteiger partial charge in [0.15, 0.2) is 0 Å². The van der Waals surface area contributed by atoms with Gasteiger partial charge in [-0.1, -0.05) is 29.8 Å². The normalized spacial score (nSPS) is 15.0. The van der Waals surface area contributed by atoms with Crippen LogP contribution in [0.3, 0.4) is 0 Å². The van der Waals surface area contributed by atoms with E-state index in [1.165, 1.54) is 0 Å². The van der Waals surface area contributed by atoms with E-state index in [0.29, 0.717) is 10.9 Å². The van der Waals surface area contributed by atoms with E-state index in [0.717, 1.165) is 35.4 Å². The topological polar surface area (TPSA) is 55.1 Å². The Morgan fingerprint density at radius 2 is 2.00 bits per heavy atom. The molecule has 0 atom stereocenters. The van der Waals surface area contributed by atoms with Gasteiger partial charge in [-0.05, 0) is 55.7 Å². The zero-order valence-corrected chi connectivity index (χ0v) is 14.5. The quantitative estimate of drug-likeness (QED) is 0.720. The number of carbonyl (C=O) groups is 1. The third kappa shape index (κ3) is 3.05. The summed E-state index contributed by atoms with van der Waals surface area (Å²) in [6.07, 6.45) is 3.34. The van der Waals surface area contributed by atoms with E-state index >= 15 is 0 Å². The average Bonchev–Trinajstić information content (AvgIpc) is 3.31. The lowest BCUT2D eigenvalue weighted by molar-refractivity contribution is -0.118. The fourth-order valence-corrected chi connectivity index (χ4v) is 3.22. The van der Waals surface area contributed by atoms with Crippen LogP contribution in [0.2, 0.25) is 5.02 Å². The summed E-state index contributed by atoms with van der Waals surface area (Å²) in [7, 11) is 0. The molecule has 0 aliphatic heterocycles. The molecule has 1 fully saturated rings. The molecule has 25 heavy (non-hydrogen) atoms. The lowest BCUT2D eigenvalue weighted by Crippen LogP contribution is -2.27. The lowest BCUT2D eigenvalue weighted by atomic mass is 9.95. The highest BCUT2D eigenvalue weighted by Crippen LogP contribution is 2.49. The second kappa shape index (κ2) is 6.05. The smallest absolute Gasteiger partial charge is 0.235 e. The maximum atomic E-state index is 12.9. The van der Waals surface area contributed by atoms with Gasteiger partial charge in [-0.25, -0.2) is 4.98 Å². The molecule has 1 saturated carbocycles. The Labute approximate surface area is 150 Å². The van der Waals surface area contributed by atoms with Gasteiger partial charge in [0.1, 0.15) is 5.76 Å². The van der Waals surface area contributed by atoms with Crippen molar-refractivity contribution in [2.24, 2.45) is 0 Å². The summed E-state index contributed by atoms with van der Waals surface area (Å²) >= 11 is 6.09. The van der Waals surface area contributed by atoms with E-state index in [2.05, 4.69) is 10.3 Å². The van der Waals surface area contributed by atoms with Gasteiger partial charge < -0.3 is 9.73 Å². The molecule has 4 nitrogen and oxygen atoms in total. The van der Waals surface area contributed by atoms with Gasteiger partial charge in [0, 0.05) is 16.3 Å². The van der Waals surface area contributed by atoms with Crippen LogP contribution in [-0.2, 0) is 10.2 Å². The van der Waals surface area contributed by atoms with Crippen LogP contribution in [0.25, 0.3) is 11.5 Å². The summed E-state index contributed by atoms with van der Waals surface area (Å²) in [6, 6.07) is 15.1. The summed E-state index contributed by atoms with van der Waals surface area (Å²) in [5, 5.41) is 3.68. The molecule has 1 aromatic heterocycles. The minimum absolute atomic E-state index is 0.00417. The predicted octanol–water partition coefficient (Wildman–Crippen LogP) is 4.97. The summed E-state index contributed by atoms with van der Waals surface area (Å²) in [6.45, 7) is 1.85. The van der Waals surface area contributed by atoms with Crippen molar-refractivity contribution in [1.82, 2.24) is 4.98 Å². The van der Waals surface area contributed by atoms with Gasteiger partial charge in [-0.3, -0.25) is 4.79 Å². The van der Waals surface area contributed by atoms with E-state index < -0.39 is 5.41 Å². The molecule has 0 bridgehead atoms. The van der Waals surface area contributed by atoms with E-state index in [-0.39, 0.29) is 5.91 Å². The minimum Gasteiger partial charge on any atom is -0.441 e. The molecule has 0 spiro atoms. The zero-order valence-electron chi connectivity index (χ0n) is 13.8. The molecule has 0 radical (unpaired) electrons. The van der Waals surface area contributed by atoms with Crippen molar-refractivity contribution in [3.8, 4) is 11.5 Å². The largest absolute Gasteiger partial charge is 0.441 e. The number of benzene rings is 2. The SMILES string of the molecule is Cc1cnc(-c2cccc(NC(=O)C3(c4cccc(Cl)c4)CC3)c2)o1. The van der Waals surface area contributed by atoms with Crippen LogP contribution >= 0.6 is 11.6 Å². The Balaban J connectivity index is 1.57. The monoisotopic (exact) mass is 352 g/mol. The van der Waals surface area contributed by atoms with Gasteiger partial charge in [0.05, 0.1) is 11.6 Å². The number of aromatic nitrogens is 1. The fourth-order valence-electron chi connectivity index (χ4n) is 3.03. The summed E-state index contributed by atoms with van der Waals surface area (Å²) in [4.78, 5) is 17.1. The number of hydrogen-bond acceptors (Lipinski definition) is 3. The molecule has 2 aromatic carbocycles. The number of aryl methyl sites for hydroxylation is 1. The molecule has 126 valence electrons. The Kier molecular flexibility index (Phi) is 3.85. The third-order valence-corrected chi connectivity index (χ3v) is 4.79. The van der Waals surface area contributed by atoms with Crippen molar-refractivity contribution < 1.29 is 9.21 Å². The van der Waals surface area contributed by atoms with Crippen LogP contribution in [0, 0.1) is 6.92 Å². The number of nitrogens with one attached hydrogen (secondary N) is 1. The van der Waals surface area contributed by atoms with Gasteiger partial charge in [0.25, 0.3) is 0 Å². The number of nitrogens with zero attached hydrogens (tertiary/aromatic N) is 1. The van der Waals surface area contributed by atoms with Gasteiger partial charge in [0.2, 0.25) is 11.8 Å². The number of amides is 1. The third-order valence-electron chi connectivity index (χ3n) is 4.55. The molecule has 4 rings (SSSR count). The molecule has 5 heteroatoms. The average molecular weight is 353 g/mol. The first kappa shape index (κ1) is 15.9. The summed E-state index contributed by atoms with van der Waals surface area (Å²) in [5.74, 6) is 1.29. The predicted molar refractivity (Wildman–Crippen MR) is 97.7 cm³/mol. The minimum atomic E-state index is -0.472. The maximum absolute atomic E-state index is 12.9. The Bertz CT molecular complexity index is 944. The molecule has 0 unspecified atom stereocenters. The molecular formula is C20H17ClN2O2. The van der Waals surface area contributed by atoms with E-state index in [9.17, 15) is 4.79 Å². The van der Waals surface area contributed by atoms with Crippen molar-refractivity contribution >= 4 is 23.2 Å². The Morgan fingerprint density at radius 1 is 1.20 bits per heavy atom. The molecule has 1 aliphatic carbocycles. The zero-order chi connectivity index (χ0) is 17.4. The second-order valence-electron chi connectivity index (χ2n) is 6.40. The highest BCUT2D eigenvalue weighted by Gasteiger charge is 2.51. The second-order valence-corrected chi connectivity index (χ2v) is 6.84. The van der Waals surface area contributed by atoms with Crippen LogP contribution in [-0.4, -0.2) is 10.9 Å². The molecule has 3 aromatic rings. The first-order valence-corrected chi connectivity index (χ1v) is 8.55. The van der Waals surface area contributed by atoms with Gasteiger partial charge in [-0.2, -0.15) is 0 Å². The Morgan fingerprint density at radius 3 is 2.68 bits per heavy atom. The van der Waals surface area contributed by atoms with E-state index in [1.807, 2.05) is 55.5 Å². The summed E-state index contributed by atoms with van der Waals surface area (Å²) in [5.41, 5.74) is 2.06. The standard InChI is InChI=1S/C20H17ClN2O2/c1-13-12-22-18(25-13)14-4-2-7-17(10-14)23-19(24)20(8-9-20)15-5-3-6-16(21)11-15/h2-7,10-12H,8-9H2,1H3,(H,23,24). The van der Waals surface area contributed by atoms with Crippen LogP contribution in [0.5, 0.6) is 0 Å². The number of rotatable bonds is 4. The van der Waals surface area contributed by atoms with Gasteiger partial charge >= 0.3 is 0 Å². The summed E-state index contributed by atoms with van der Waals surface area (Å²) < 4.78 is 5.55. The van der Waals surface area contributed by atoms with Crippen molar-refractivity contribution in [2.75, 3.05) is 5.32 Å². The Hall–Kier alpha value is -2.59. The molecular weight excluding hydrogens is 336 g/mol. The number of anilines is 1. The van der Waals surface area contributed by atoms with E-state index in [1.54, 1.807) is 6.20 Å². The van der Waals surface area contributed by atoms with E-state index in [4.69, 9.17) is 16.0 Å². The van der Waals surface area contributed by atoms with Crippen LogP contribution < -0.4 is 5.32 Å². The van der Waals surface area contributed by atoms with Gasteiger partial charge in [-0.15, -0.1) is 0 Å². The molecule has 1 heterocycles. The molecule has 1 N–H and O–H groups in total. The van der Waals surface area contributed by atoms with Crippen LogP contribution in [0.4, 0.5) is 5.69 Å². The maximum Gasteiger partial charge on any atom is 0.235 e. The number of hydrogen-bond donors (Lipinski definition) is 1. The molecule has 1 aliphatic rings. The van der Waals surface area contributed by atoms with Crippen molar-refractivity contribution in [1.29, 1.82) is 0 Å². The highest BCUT2D eigenvalue weighted by atomic mass is 35.5. The number of carbonyl (C=O) groups excluding carboxylic acids is 1. The number of halogens is 1. The number of oxazole rings is 1. The highest BCUT2D eigenvalue weighted by molar-refractivity contribution is 6.30. The molecule has 1 amide bonds. The first-order chi connectivity index (χ1) is 12.1. The molecule has 0 saturated heterocycles. The van der Waals surface area contributed by atoms with Crippen molar-refractivity contribution in [3.05, 3.63) is 71.1 Å². The van der Waals surface area contributed by atoms with Crippen molar-refractivity contribution in [2.45, 2.75) is 25.2 Å². The van der Waals surface area contributed by atoms with Crippen LogP contribution in [0.1, 0.15) is 24.2 Å². The first-order valence-electron chi connectivity index (χ1n) is 8.17.